The fourth-order valence-corrected chi connectivity index (χ4v) is 3.50. The molecule has 4 rings (SSSR count). The quantitative estimate of drug-likeness (QED) is 0.485. The summed E-state index contributed by atoms with van der Waals surface area (Å²) in [7, 11) is 0. The molecule has 3 heterocycles. The minimum Gasteiger partial charge on any atom is -0.393 e. The molecule has 2 aromatic heterocycles. The standard InChI is InChI=1S/C19H21N5O5/c1-2-19(8-25)14(27)13(26)18(29-19)24-10-22-12-15(20-9-21-16(12)24)23-17(28)11-6-4-3-5-7-11/h3-7,9-10,13-14,18,25-27H,2,8H2,1H3,(H,20,21,23,28)/t13-,14?,18+,19+/m0/s1. The van der Waals surface area contributed by atoms with E-state index in [0.717, 1.165) is 0 Å². The van der Waals surface area contributed by atoms with Gasteiger partial charge < -0.3 is 25.4 Å². The second-order valence-electron chi connectivity index (χ2n) is 6.89. The summed E-state index contributed by atoms with van der Waals surface area (Å²) in [6.45, 7) is 1.30. The number of aliphatic hydroxyl groups excluding tert-OH is 3. The van der Waals surface area contributed by atoms with Crippen LogP contribution in [0.5, 0.6) is 0 Å². The van der Waals surface area contributed by atoms with Gasteiger partial charge in [0.2, 0.25) is 0 Å². The van der Waals surface area contributed by atoms with Crippen LogP contribution in [0.3, 0.4) is 0 Å². The van der Waals surface area contributed by atoms with Gasteiger partial charge >= 0.3 is 0 Å². The number of amides is 1. The Morgan fingerprint density at radius 3 is 2.66 bits per heavy atom. The number of fused-ring (bicyclic) bond motifs is 1. The predicted molar refractivity (Wildman–Crippen MR) is 102 cm³/mol. The van der Waals surface area contributed by atoms with Crippen molar-refractivity contribution in [1.82, 2.24) is 19.5 Å². The van der Waals surface area contributed by atoms with Crippen molar-refractivity contribution in [2.75, 3.05) is 11.9 Å². The van der Waals surface area contributed by atoms with E-state index in [-0.39, 0.29) is 11.7 Å². The van der Waals surface area contributed by atoms with Gasteiger partial charge in [0, 0.05) is 5.56 Å². The average molecular weight is 399 g/mol. The summed E-state index contributed by atoms with van der Waals surface area (Å²) < 4.78 is 7.29. The normalized spacial score (nSPS) is 26.7. The molecule has 0 aliphatic carbocycles. The molecule has 0 saturated carbocycles. The molecule has 10 nitrogen and oxygen atoms in total. The zero-order chi connectivity index (χ0) is 20.6. The summed E-state index contributed by atoms with van der Waals surface area (Å²) in [5, 5.41) is 33.3. The topological polar surface area (TPSA) is 143 Å². The summed E-state index contributed by atoms with van der Waals surface area (Å²) in [4.78, 5) is 25.0. The molecule has 0 radical (unpaired) electrons. The number of hydrogen-bond donors (Lipinski definition) is 4. The summed E-state index contributed by atoms with van der Waals surface area (Å²) in [6.07, 6.45) is -0.622. The molecule has 4 atom stereocenters. The second-order valence-corrected chi connectivity index (χ2v) is 6.89. The Morgan fingerprint density at radius 2 is 2.00 bits per heavy atom. The molecule has 0 bridgehead atoms. The first-order valence-electron chi connectivity index (χ1n) is 9.19. The highest BCUT2D eigenvalue weighted by Gasteiger charge is 2.53. The summed E-state index contributed by atoms with van der Waals surface area (Å²) in [5.74, 6) is -0.141. The number of hydrogen-bond acceptors (Lipinski definition) is 8. The van der Waals surface area contributed by atoms with Crippen molar-refractivity contribution in [2.24, 2.45) is 0 Å². The fraction of sp³-hybridized carbons (Fsp3) is 0.368. The van der Waals surface area contributed by atoms with Crippen LogP contribution in [0.25, 0.3) is 11.2 Å². The first-order valence-corrected chi connectivity index (χ1v) is 9.19. The van der Waals surface area contributed by atoms with Crippen molar-refractivity contribution < 1.29 is 24.9 Å². The Hall–Kier alpha value is -2.92. The number of nitrogens with zero attached hydrogens (tertiary/aromatic N) is 4. The SMILES string of the molecule is CC[C@]1(CO)O[C@@H](n2cnc3c(NC(=O)c4ccccc4)ncnc32)[C@@H](O)C1O. The van der Waals surface area contributed by atoms with Gasteiger partial charge in [0.1, 0.15) is 24.1 Å². The number of nitrogens with one attached hydrogen (secondary N) is 1. The molecule has 1 aliphatic heterocycles. The number of carbonyl (C=O) groups is 1. The molecular weight excluding hydrogens is 378 g/mol. The molecule has 1 saturated heterocycles. The van der Waals surface area contributed by atoms with Crippen LogP contribution in [-0.4, -0.2) is 65.2 Å². The lowest BCUT2D eigenvalue weighted by atomic mass is 9.93. The molecule has 1 amide bonds. The molecule has 1 unspecified atom stereocenters. The highest BCUT2D eigenvalue weighted by atomic mass is 16.6. The van der Waals surface area contributed by atoms with Crippen LogP contribution in [-0.2, 0) is 4.74 Å². The zero-order valence-electron chi connectivity index (χ0n) is 15.6. The fourth-order valence-electron chi connectivity index (χ4n) is 3.50. The van der Waals surface area contributed by atoms with Crippen molar-refractivity contribution >= 4 is 22.9 Å². The van der Waals surface area contributed by atoms with Gasteiger partial charge in [-0.15, -0.1) is 0 Å². The van der Waals surface area contributed by atoms with Gasteiger partial charge in [-0.2, -0.15) is 0 Å². The van der Waals surface area contributed by atoms with Gasteiger partial charge in [0.15, 0.2) is 23.2 Å². The third kappa shape index (κ3) is 3.15. The van der Waals surface area contributed by atoms with Crippen LogP contribution in [0.1, 0.15) is 29.9 Å². The van der Waals surface area contributed by atoms with Gasteiger partial charge in [-0.05, 0) is 18.6 Å². The average Bonchev–Trinajstić information content (AvgIpc) is 3.29. The van der Waals surface area contributed by atoms with Crippen LogP contribution in [0.15, 0.2) is 43.0 Å². The number of imidazole rings is 1. The summed E-state index contributed by atoms with van der Waals surface area (Å²) in [5.41, 5.74) is -0.200. The van der Waals surface area contributed by atoms with Crippen LogP contribution in [0.4, 0.5) is 5.82 Å². The number of rotatable bonds is 5. The summed E-state index contributed by atoms with van der Waals surface area (Å²) >= 11 is 0. The van der Waals surface area contributed by atoms with E-state index in [4.69, 9.17) is 4.74 Å². The monoisotopic (exact) mass is 399 g/mol. The molecule has 4 N–H and O–H groups in total. The van der Waals surface area contributed by atoms with Gasteiger partial charge in [-0.1, -0.05) is 25.1 Å². The lowest BCUT2D eigenvalue weighted by Crippen LogP contribution is -2.45. The maximum Gasteiger partial charge on any atom is 0.256 e. The van der Waals surface area contributed by atoms with Crippen LogP contribution in [0.2, 0.25) is 0 Å². The Bertz CT molecular complexity index is 1020. The lowest BCUT2D eigenvalue weighted by molar-refractivity contribution is -0.129. The van der Waals surface area contributed by atoms with E-state index in [9.17, 15) is 20.1 Å². The molecule has 1 aliphatic rings. The number of ether oxygens (including phenoxy) is 1. The van der Waals surface area contributed by atoms with Gasteiger partial charge in [-0.25, -0.2) is 15.0 Å². The van der Waals surface area contributed by atoms with E-state index in [0.29, 0.717) is 23.1 Å². The third-order valence-corrected chi connectivity index (χ3v) is 5.28. The Labute approximate surface area is 165 Å². The van der Waals surface area contributed by atoms with Crippen LogP contribution in [0, 0.1) is 0 Å². The van der Waals surface area contributed by atoms with E-state index < -0.39 is 30.6 Å². The van der Waals surface area contributed by atoms with E-state index in [1.807, 2.05) is 6.07 Å². The van der Waals surface area contributed by atoms with E-state index in [2.05, 4.69) is 20.3 Å². The minimum absolute atomic E-state index is 0.208. The van der Waals surface area contributed by atoms with E-state index in [1.54, 1.807) is 31.2 Å². The van der Waals surface area contributed by atoms with E-state index in [1.165, 1.54) is 17.2 Å². The van der Waals surface area contributed by atoms with Crippen LogP contribution < -0.4 is 5.32 Å². The van der Waals surface area contributed by atoms with Gasteiger partial charge in [0.05, 0.1) is 12.9 Å². The Balaban J connectivity index is 1.67. The predicted octanol–water partition coefficient (Wildman–Crippen LogP) is 0.470. The van der Waals surface area contributed by atoms with Crippen molar-refractivity contribution in [3.63, 3.8) is 0 Å². The van der Waals surface area contributed by atoms with Crippen molar-refractivity contribution in [3.8, 4) is 0 Å². The number of carbonyl (C=O) groups excluding carboxylic acids is 1. The first-order chi connectivity index (χ1) is 14.0. The second kappa shape index (κ2) is 7.48. The minimum atomic E-state index is -1.29. The molecule has 1 fully saturated rings. The molecule has 10 heteroatoms. The number of benzene rings is 1. The largest absolute Gasteiger partial charge is 0.393 e. The van der Waals surface area contributed by atoms with Crippen molar-refractivity contribution in [1.29, 1.82) is 0 Å². The molecule has 1 aromatic carbocycles. The molecule has 29 heavy (non-hydrogen) atoms. The molecule has 3 aromatic rings. The number of anilines is 1. The number of aliphatic hydroxyl groups is 3. The summed E-state index contributed by atoms with van der Waals surface area (Å²) in [6, 6.07) is 8.67. The highest BCUT2D eigenvalue weighted by molar-refractivity contribution is 6.06. The van der Waals surface area contributed by atoms with Crippen LogP contribution >= 0.6 is 0 Å². The van der Waals surface area contributed by atoms with Gasteiger partial charge in [0.25, 0.3) is 5.91 Å². The first kappa shape index (κ1) is 19.4. The van der Waals surface area contributed by atoms with Gasteiger partial charge in [-0.3, -0.25) is 9.36 Å². The number of aromatic nitrogens is 4. The zero-order valence-corrected chi connectivity index (χ0v) is 15.6. The highest BCUT2D eigenvalue weighted by Crippen LogP contribution is 2.40. The molecular formula is C19H21N5O5. The van der Waals surface area contributed by atoms with Crippen molar-refractivity contribution in [2.45, 2.75) is 37.4 Å². The van der Waals surface area contributed by atoms with E-state index >= 15 is 0 Å². The smallest absolute Gasteiger partial charge is 0.256 e. The maximum absolute atomic E-state index is 12.4. The third-order valence-electron chi connectivity index (χ3n) is 5.28. The maximum atomic E-state index is 12.4. The lowest BCUT2D eigenvalue weighted by Gasteiger charge is -2.28. The van der Waals surface area contributed by atoms with Crippen molar-refractivity contribution in [3.05, 3.63) is 48.5 Å². The Morgan fingerprint density at radius 1 is 1.24 bits per heavy atom. The molecule has 152 valence electrons. The Kier molecular flexibility index (Phi) is 5.01. The molecule has 0 spiro atoms.